The molecule has 0 aromatic heterocycles. The Balaban J connectivity index is 1.94. The van der Waals surface area contributed by atoms with Crippen molar-refractivity contribution >= 4 is 26.5 Å². The minimum absolute atomic E-state index is 0.0795. The quantitative estimate of drug-likeness (QED) is 0.775. The Kier molecular flexibility index (Phi) is 4.21. The smallest absolute Gasteiger partial charge is 0.237 e. The Morgan fingerprint density at radius 3 is 2.35 bits per heavy atom. The highest BCUT2D eigenvalue weighted by atomic mass is 32.2. The van der Waals surface area contributed by atoms with Gasteiger partial charge in [0.05, 0.1) is 18.6 Å². The second-order valence-electron chi connectivity index (χ2n) is 5.21. The molecule has 0 saturated heterocycles. The maximum atomic E-state index is 12.4. The fourth-order valence-electron chi connectivity index (χ4n) is 2.54. The van der Waals surface area contributed by atoms with E-state index in [1.54, 1.807) is 18.2 Å². The third-order valence-corrected chi connectivity index (χ3v) is 4.79. The van der Waals surface area contributed by atoms with Crippen LogP contribution in [-0.4, -0.2) is 15.5 Å². The number of fused-ring (bicyclic) bond motifs is 1. The van der Waals surface area contributed by atoms with Crippen LogP contribution in [0.5, 0.6) is 5.75 Å². The molecule has 0 spiro atoms. The summed E-state index contributed by atoms with van der Waals surface area (Å²) in [6, 6.07) is 20.4. The number of hydrogen-bond acceptors (Lipinski definition) is 3. The van der Waals surface area contributed by atoms with Crippen LogP contribution in [0.2, 0.25) is 0 Å². The van der Waals surface area contributed by atoms with Gasteiger partial charge in [0.1, 0.15) is 0 Å². The summed E-state index contributed by atoms with van der Waals surface area (Å²) in [7, 11) is -1.98. The van der Waals surface area contributed by atoms with Crippen LogP contribution in [0.4, 0.5) is 5.69 Å². The number of nitrogens with one attached hydrogen (secondary N) is 1. The van der Waals surface area contributed by atoms with Crippen molar-refractivity contribution in [3.63, 3.8) is 0 Å². The Bertz CT molecular complexity index is 921. The van der Waals surface area contributed by atoms with Gasteiger partial charge in [-0.25, -0.2) is 8.42 Å². The monoisotopic (exact) mass is 327 g/mol. The van der Waals surface area contributed by atoms with Crippen molar-refractivity contribution in [1.29, 1.82) is 0 Å². The summed E-state index contributed by atoms with van der Waals surface area (Å²) in [5.74, 6) is 0.448. The lowest BCUT2D eigenvalue weighted by atomic mass is 10.1. The fourth-order valence-corrected chi connectivity index (χ4v) is 3.74. The van der Waals surface area contributed by atoms with Crippen LogP contribution in [0, 0.1) is 0 Å². The van der Waals surface area contributed by atoms with Crippen molar-refractivity contribution in [1.82, 2.24) is 0 Å². The molecule has 0 amide bonds. The van der Waals surface area contributed by atoms with Gasteiger partial charge in [0.25, 0.3) is 0 Å². The Hall–Kier alpha value is -2.53. The first-order chi connectivity index (χ1) is 11.1. The van der Waals surface area contributed by atoms with E-state index in [1.807, 2.05) is 48.5 Å². The molecule has 0 saturated carbocycles. The molecular formula is C18H17NO3S. The van der Waals surface area contributed by atoms with Crippen LogP contribution in [-0.2, 0) is 15.8 Å². The molecule has 0 aliphatic carbocycles. The molecule has 0 fully saturated rings. The Morgan fingerprint density at radius 1 is 0.913 bits per heavy atom. The lowest BCUT2D eigenvalue weighted by Gasteiger charge is -2.14. The third-order valence-electron chi connectivity index (χ3n) is 3.55. The summed E-state index contributed by atoms with van der Waals surface area (Å²) in [5, 5.41) is 1.87. The SMILES string of the molecule is COc1c(NS(=O)(=O)Cc2ccccc2)ccc2ccccc12. The van der Waals surface area contributed by atoms with Gasteiger partial charge in [0.15, 0.2) is 5.75 Å². The molecule has 3 aromatic rings. The van der Waals surface area contributed by atoms with Gasteiger partial charge < -0.3 is 4.74 Å². The highest BCUT2D eigenvalue weighted by molar-refractivity contribution is 7.91. The van der Waals surface area contributed by atoms with E-state index >= 15 is 0 Å². The van der Waals surface area contributed by atoms with E-state index in [4.69, 9.17) is 4.74 Å². The van der Waals surface area contributed by atoms with Gasteiger partial charge in [-0.3, -0.25) is 4.72 Å². The van der Waals surface area contributed by atoms with E-state index in [9.17, 15) is 8.42 Å². The van der Waals surface area contributed by atoms with E-state index in [-0.39, 0.29) is 5.75 Å². The Labute approximate surface area is 135 Å². The molecule has 0 heterocycles. The van der Waals surface area contributed by atoms with Crippen LogP contribution in [0.1, 0.15) is 5.56 Å². The highest BCUT2D eigenvalue weighted by Gasteiger charge is 2.16. The largest absolute Gasteiger partial charge is 0.494 e. The van der Waals surface area contributed by atoms with Crippen LogP contribution in [0.15, 0.2) is 66.7 Å². The van der Waals surface area contributed by atoms with E-state index in [0.717, 1.165) is 16.3 Å². The fraction of sp³-hybridized carbons (Fsp3) is 0.111. The van der Waals surface area contributed by atoms with Crippen LogP contribution < -0.4 is 9.46 Å². The predicted molar refractivity (Wildman–Crippen MR) is 93.2 cm³/mol. The van der Waals surface area contributed by atoms with E-state index < -0.39 is 10.0 Å². The minimum atomic E-state index is -3.52. The van der Waals surface area contributed by atoms with E-state index in [1.165, 1.54) is 7.11 Å². The third kappa shape index (κ3) is 3.46. The van der Waals surface area contributed by atoms with Gasteiger partial charge in [-0.2, -0.15) is 0 Å². The molecular weight excluding hydrogens is 310 g/mol. The molecule has 3 aromatic carbocycles. The van der Waals surface area contributed by atoms with Crippen molar-refractivity contribution in [3.8, 4) is 5.75 Å². The number of rotatable bonds is 5. The summed E-state index contributed by atoms with van der Waals surface area (Å²) in [6.45, 7) is 0. The summed E-state index contributed by atoms with van der Waals surface area (Å²) < 4.78 is 32.9. The van der Waals surface area contributed by atoms with Crippen molar-refractivity contribution in [2.24, 2.45) is 0 Å². The van der Waals surface area contributed by atoms with Gasteiger partial charge >= 0.3 is 0 Å². The number of hydrogen-bond donors (Lipinski definition) is 1. The second-order valence-corrected chi connectivity index (χ2v) is 6.94. The van der Waals surface area contributed by atoms with E-state index in [0.29, 0.717) is 11.4 Å². The molecule has 118 valence electrons. The number of ether oxygens (including phenoxy) is 1. The lowest BCUT2D eigenvalue weighted by Crippen LogP contribution is -2.15. The predicted octanol–water partition coefficient (Wildman–Crippen LogP) is 3.79. The van der Waals surface area contributed by atoms with Gasteiger partial charge in [-0.1, -0.05) is 60.7 Å². The van der Waals surface area contributed by atoms with Crippen molar-refractivity contribution < 1.29 is 13.2 Å². The zero-order chi connectivity index (χ0) is 16.3. The first kappa shape index (κ1) is 15.4. The lowest BCUT2D eigenvalue weighted by molar-refractivity contribution is 0.422. The van der Waals surface area contributed by atoms with Crippen molar-refractivity contribution in [2.45, 2.75) is 5.75 Å². The molecule has 3 rings (SSSR count). The van der Waals surface area contributed by atoms with Crippen molar-refractivity contribution in [3.05, 3.63) is 72.3 Å². The zero-order valence-corrected chi connectivity index (χ0v) is 13.5. The average molecular weight is 327 g/mol. The molecule has 5 heteroatoms. The summed E-state index contributed by atoms with van der Waals surface area (Å²) in [4.78, 5) is 0. The summed E-state index contributed by atoms with van der Waals surface area (Å²) in [6.07, 6.45) is 0. The van der Waals surface area contributed by atoms with Crippen molar-refractivity contribution in [2.75, 3.05) is 11.8 Å². The number of methoxy groups -OCH3 is 1. The van der Waals surface area contributed by atoms with Crippen LogP contribution in [0.25, 0.3) is 10.8 Å². The van der Waals surface area contributed by atoms with Gasteiger partial charge in [0, 0.05) is 5.39 Å². The maximum Gasteiger partial charge on any atom is 0.237 e. The molecule has 0 bridgehead atoms. The standard InChI is InChI=1S/C18H17NO3S/c1-22-18-16-10-6-5-9-15(16)11-12-17(18)19-23(20,21)13-14-7-3-2-4-8-14/h2-12,19H,13H2,1H3. The molecule has 23 heavy (non-hydrogen) atoms. The normalized spacial score (nSPS) is 11.3. The molecule has 0 aliphatic rings. The zero-order valence-electron chi connectivity index (χ0n) is 12.7. The number of sulfonamides is 1. The van der Waals surface area contributed by atoms with Crippen LogP contribution >= 0.6 is 0 Å². The number of benzene rings is 3. The number of anilines is 1. The molecule has 0 unspecified atom stereocenters. The molecule has 1 N–H and O–H groups in total. The van der Waals surface area contributed by atoms with Gasteiger partial charge in [-0.05, 0) is 17.0 Å². The second kappa shape index (κ2) is 6.30. The molecule has 4 nitrogen and oxygen atoms in total. The maximum absolute atomic E-state index is 12.4. The average Bonchev–Trinajstić information content (AvgIpc) is 2.55. The highest BCUT2D eigenvalue weighted by Crippen LogP contribution is 2.34. The molecule has 0 radical (unpaired) electrons. The van der Waals surface area contributed by atoms with Gasteiger partial charge in [0.2, 0.25) is 10.0 Å². The first-order valence-corrected chi connectivity index (χ1v) is 8.84. The molecule has 0 atom stereocenters. The Morgan fingerprint density at radius 2 is 1.61 bits per heavy atom. The topological polar surface area (TPSA) is 55.4 Å². The van der Waals surface area contributed by atoms with E-state index in [2.05, 4.69) is 4.72 Å². The minimum Gasteiger partial charge on any atom is -0.494 e. The summed E-state index contributed by atoms with van der Waals surface area (Å²) in [5.41, 5.74) is 1.18. The van der Waals surface area contributed by atoms with Crippen LogP contribution in [0.3, 0.4) is 0 Å². The first-order valence-electron chi connectivity index (χ1n) is 7.19. The van der Waals surface area contributed by atoms with Gasteiger partial charge in [-0.15, -0.1) is 0 Å². The summed E-state index contributed by atoms with van der Waals surface area (Å²) >= 11 is 0. The molecule has 0 aliphatic heterocycles.